The Hall–Kier alpha value is -2.08. The molecule has 1 amide bonds. The van der Waals surface area contributed by atoms with Crippen molar-refractivity contribution in [1.29, 1.82) is 0 Å². The van der Waals surface area contributed by atoms with Crippen LogP contribution in [0.4, 0.5) is 0 Å². The second-order valence-electron chi connectivity index (χ2n) is 5.30. The summed E-state index contributed by atoms with van der Waals surface area (Å²) in [6.07, 6.45) is 3.05. The number of amides is 1. The van der Waals surface area contributed by atoms with E-state index < -0.39 is 9.84 Å². The van der Waals surface area contributed by atoms with Gasteiger partial charge in [0.25, 0.3) is 5.91 Å². The Labute approximate surface area is 136 Å². The number of furan rings is 1. The van der Waals surface area contributed by atoms with E-state index in [0.717, 1.165) is 19.3 Å². The molecule has 0 aliphatic carbocycles. The number of benzene rings is 1. The number of hydrogen-bond acceptors (Lipinski definition) is 4. The quantitative estimate of drug-likeness (QED) is 0.752. The third-order valence-electron chi connectivity index (χ3n) is 3.39. The molecule has 0 aliphatic heterocycles. The Bertz CT molecular complexity index is 735. The standard InChI is InChI=1S/C17H21NO4S/c1-2-3-7-12-18-17(19)16-11-10-14(22-16)13-23(20,21)15-8-5-4-6-9-15/h4-6,8-11H,2-3,7,12-13H2,1H3,(H,18,19). The van der Waals surface area contributed by atoms with Crippen LogP contribution in [0.5, 0.6) is 0 Å². The first-order valence-electron chi connectivity index (χ1n) is 7.67. The van der Waals surface area contributed by atoms with Gasteiger partial charge in [0.1, 0.15) is 11.5 Å². The van der Waals surface area contributed by atoms with E-state index in [1.807, 2.05) is 0 Å². The molecule has 1 aromatic heterocycles. The molecule has 0 spiro atoms. The number of carbonyl (C=O) groups is 1. The fourth-order valence-corrected chi connectivity index (χ4v) is 3.41. The Morgan fingerprint density at radius 2 is 1.83 bits per heavy atom. The smallest absolute Gasteiger partial charge is 0.286 e. The third-order valence-corrected chi connectivity index (χ3v) is 5.04. The van der Waals surface area contributed by atoms with E-state index >= 15 is 0 Å². The van der Waals surface area contributed by atoms with Crippen molar-refractivity contribution in [3.05, 3.63) is 54.0 Å². The van der Waals surface area contributed by atoms with Crippen LogP contribution < -0.4 is 5.32 Å². The predicted molar refractivity (Wildman–Crippen MR) is 87.9 cm³/mol. The van der Waals surface area contributed by atoms with E-state index in [9.17, 15) is 13.2 Å². The molecule has 0 bridgehead atoms. The zero-order valence-electron chi connectivity index (χ0n) is 13.1. The van der Waals surface area contributed by atoms with Crippen LogP contribution in [0.25, 0.3) is 0 Å². The first-order chi connectivity index (χ1) is 11.0. The van der Waals surface area contributed by atoms with Gasteiger partial charge in [0.2, 0.25) is 0 Å². The van der Waals surface area contributed by atoms with Crippen LogP contribution in [0.1, 0.15) is 42.5 Å². The van der Waals surface area contributed by atoms with Gasteiger partial charge in [-0.05, 0) is 30.7 Å². The molecular weight excluding hydrogens is 314 g/mol. The van der Waals surface area contributed by atoms with Crippen molar-refractivity contribution in [3.8, 4) is 0 Å². The lowest BCUT2D eigenvalue weighted by molar-refractivity contribution is 0.0923. The van der Waals surface area contributed by atoms with Crippen molar-refractivity contribution in [2.45, 2.75) is 36.8 Å². The fraction of sp³-hybridized carbons (Fsp3) is 0.353. The number of sulfone groups is 1. The molecule has 2 aromatic rings. The van der Waals surface area contributed by atoms with Gasteiger partial charge in [-0.25, -0.2) is 8.42 Å². The molecule has 5 nitrogen and oxygen atoms in total. The lowest BCUT2D eigenvalue weighted by Gasteiger charge is -2.03. The maximum absolute atomic E-state index is 12.3. The van der Waals surface area contributed by atoms with E-state index in [0.29, 0.717) is 6.54 Å². The lowest BCUT2D eigenvalue weighted by atomic mass is 10.2. The van der Waals surface area contributed by atoms with Crippen LogP contribution in [0.15, 0.2) is 51.8 Å². The Morgan fingerprint density at radius 3 is 2.52 bits per heavy atom. The molecule has 2 rings (SSSR count). The highest BCUT2D eigenvalue weighted by Crippen LogP contribution is 2.18. The van der Waals surface area contributed by atoms with Crippen molar-refractivity contribution in [2.24, 2.45) is 0 Å². The van der Waals surface area contributed by atoms with Crippen LogP contribution >= 0.6 is 0 Å². The molecule has 0 radical (unpaired) electrons. The van der Waals surface area contributed by atoms with E-state index in [2.05, 4.69) is 12.2 Å². The minimum Gasteiger partial charge on any atom is -0.455 e. The number of carbonyl (C=O) groups excluding carboxylic acids is 1. The van der Waals surface area contributed by atoms with Crippen molar-refractivity contribution in [3.63, 3.8) is 0 Å². The second-order valence-corrected chi connectivity index (χ2v) is 7.29. The molecule has 0 fully saturated rings. The molecule has 1 N–H and O–H groups in total. The molecule has 1 aromatic carbocycles. The van der Waals surface area contributed by atoms with Crippen molar-refractivity contribution < 1.29 is 17.6 Å². The summed E-state index contributed by atoms with van der Waals surface area (Å²) in [5.41, 5.74) is 0. The first-order valence-corrected chi connectivity index (χ1v) is 9.33. The summed E-state index contributed by atoms with van der Waals surface area (Å²) in [6, 6.07) is 11.2. The minimum atomic E-state index is -3.48. The Balaban J connectivity index is 1.98. The number of hydrogen-bond donors (Lipinski definition) is 1. The summed E-state index contributed by atoms with van der Waals surface area (Å²) in [5.74, 6) is -0.183. The van der Waals surface area contributed by atoms with Gasteiger partial charge in [-0.3, -0.25) is 4.79 Å². The summed E-state index contributed by atoms with van der Waals surface area (Å²) in [5, 5.41) is 2.76. The first kappa shape index (κ1) is 17.3. The Kier molecular flexibility index (Phi) is 5.98. The molecule has 0 saturated carbocycles. The number of nitrogens with one attached hydrogen (secondary N) is 1. The lowest BCUT2D eigenvalue weighted by Crippen LogP contribution is -2.23. The van der Waals surface area contributed by atoms with Crippen LogP contribution in [0, 0.1) is 0 Å². The van der Waals surface area contributed by atoms with Crippen LogP contribution in [-0.4, -0.2) is 20.9 Å². The number of rotatable bonds is 8. The van der Waals surface area contributed by atoms with E-state index in [1.54, 1.807) is 30.3 Å². The van der Waals surface area contributed by atoms with Gasteiger partial charge in [-0.1, -0.05) is 38.0 Å². The molecule has 0 aliphatic rings. The van der Waals surface area contributed by atoms with Gasteiger partial charge in [-0.15, -0.1) is 0 Å². The molecule has 1 heterocycles. The highest BCUT2D eigenvalue weighted by molar-refractivity contribution is 7.90. The summed E-state index contributed by atoms with van der Waals surface area (Å²) >= 11 is 0. The van der Waals surface area contributed by atoms with E-state index in [-0.39, 0.29) is 28.1 Å². The highest BCUT2D eigenvalue weighted by Gasteiger charge is 2.18. The average Bonchev–Trinajstić information content (AvgIpc) is 3.00. The number of unbranched alkanes of at least 4 members (excludes halogenated alkanes) is 2. The van der Waals surface area contributed by atoms with Gasteiger partial charge in [0.15, 0.2) is 15.6 Å². The summed E-state index contributed by atoms with van der Waals surface area (Å²) in [4.78, 5) is 12.1. The molecule has 0 atom stereocenters. The van der Waals surface area contributed by atoms with Crippen LogP contribution in [0.2, 0.25) is 0 Å². The van der Waals surface area contributed by atoms with Crippen LogP contribution in [-0.2, 0) is 15.6 Å². The molecular formula is C17H21NO4S. The predicted octanol–water partition coefficient (Wildman–Crippen LogP) is 3.17. The molecule has 124 valence electrons. The topological polar surface area (TPSA) is 76.4 Å². The largest absolute Gasteiger partial charge is 0.455 e. The zero-order valence-corrected chi connectivity index (χ0v) is 13.9. The van der Waals surface area contributed by atoms with Gasteiger partial charge in [0, 0.05) is 6.54 Å². The van der Waals surface area contributed by atoms with Crippen molar-refractivity contribution in [1.82, 2.24) is 5.32 Å². The van der Waals surface area contributed by atoms with Crippen molar-refractivity contribution >= 4 is 15.7 Å². The second kappa shape index (κ2) is 7.97. The van der Waals surface area contributed by atoms with Gasteiger partial charge < -0.3 is 9.73 Å². The maximum Gasteiger partial charge on any atom is 0.286 e. The minimum absolute atomic E-state index is 0.139. The van der Waals surface area contributed by atoms with Crippen molar-refractivity contribution in [2.75, 3.05) is 6.54 Å². The van der Waals surface area contributed by atoms with Gasteiger partial charge in [-0.2, -0.15) is 0 Å². The maximum atomic E-state index is 12.3. The fourth-order valence-electron chi connectivity index (χ4n) is 2.14. The monoisotopic (exact) mass is 335 g/mol. The van der Waals surface area contributed by atoms with Gasteiger partial charge >= 0.3 is 0 Å². The van der Waals surface area contributed by atoms with Gasteiger partial charge in [0.05, 0.1) is 4.90 Å². The molecule has 0 unspecified atom stereocenters. The molecule has 23 heavy (non-hydrogen) atoms. The third kappa shape index (κ3) is 4.96. The summed E-state index contributed by atoms with van der Waals surface area (Å²) in [6.45, 7) is 2.68. The molecule has 0 saturated heterocycles. The SMILES string of the molecule is CCCCCNC(=O)c1ccc(CS(=O)(=O)c2ccccc2)o1. The average molecular weight is 335 g/mol. The van der Waals surface area contributed by atoms with Crippen LogP contribution in [0.3, 0.4) is 0 Å². The summed E-state index contributed by atoms with van der Waals surface area (Å²) in [7, 11) is -3.48. The normalized spacial score (nSPS) is 11.3. The van der Waals surface area contributed by atoms with E-state index in [1.165, 1.54) is 12.1 Å². The molecule has 6 heteroatoms. The zero-order chi connectivity index (χ0) is 16.7. The Morgan fingerprint density at radius 1 is 1.09 bits per heavy atom. The summed E-state index contributed by atoms with van der Waals surface area (Å²) < 4.78 is 29.9. The van der Waals surface area contributed by atoms with E-state index in [4.69, 9.17) is 4.42 Å². The highest BCUT2D eigenvalue weighted by atomic mass is 32.2.